The molecular formula is C28H39N3P2Si. The summed E-state index contributed by atoms with van der Waals surface area (Å²) >= 11 is 0. The van der Waals surface area contributed by atoms with Crippen LogP contribution >= 0.6 is 14.7 Å². The molecule has 0 spiro atoms. The molecule has 0 aliphatic carbocycles. The van der Waals surface area contributed by atoms with Crippen LogP contribution in [0.25, 0.3) is 0 Å². The largest absolute Gasteiger partial charge is 0.257 e. The molecule has 1 saturated heterocycles. The zero-order valence-electron chi connectivity index (χ0n) is 21.9. The molecule has 0 N–H and O–H groups in total. The van der Waals surface area contributed by atoms with Crippen molar-refractivity contribution in [3.63, 3.8) is 0 Å². The van der Waals surface area contributed by atoms with Crippen molar-refractivity contribution in [1.29, 1.82) is 0 Å². The Morgan fingerprint density at radius 3 is 1.32 bits per heavy atom. The van der Waals surface area contributed by atoms with Crippen LogP contribution in [0.3, 0.4) is 0 Å². The molecule has 6 heteroatoms. The Hall–Kier alpha value is -1.54. The summed E-state index contributed by atoms with van der Waals surface area (Å²) in [6, 6.07) is 33.0. The summed E-state index contributed by atoms with van der Waals surface area (Å²) in [5, 5.41) is 2.81. The highest BCUT2D eigenvalue weighted by molar-refractivity contribution is 8.39. The van der Waals surface area contributed by atoms with Crippen molar-refractivity contribution < 1.29 is 0 Å². The molecule has 0 bridgehead atoms. The average Bonchev–Trinajstić information content (AvgIpc) is 2.73. The van der Waals surface area contributed by atoms with Crippen molar-refractivity contribution in [1.82, 2.24) is 8.67 Å². The molecule has 4 rings (SSSR count). The standard InChI is InChI=1S/C28H39N3P2Si/c1-27(2,3)30-33(29-24-18-12-9-13-19-24,31(28(4,5)6)34(30,7)8)32(25-20-14-10-15-21-25)26-22-16-11-17-23-26/h9-23H,1-8H3. The van der Waals surface area contributed by atoms with Gasteiger partial charge in [0.15, 0.2) is 0 Å². The lowest BCUT2D eigenvalue weighted by Crippen LogP contribution is -2.78. The van der Waals surface area contributed by atoms with Crippen LogP contribution in [0.1, 0.15) is 41.5 Å². The minimum Gasteiger partial charge on any atom is -0.257 e. The minimum atomic E-state index is -2.21. The monoisotopic (exact) mass is 507 g/mol. The fourth-order valence-corrected chi connectivity index (χ4v) is 31.4. The first-order valence-corrected chi connectivity index (χ1v) is 18.7. The van der Waals surface area contributed by atoms with E-state index in [0.717, 1.165) is 5.69 Å². The smallest absolute Gasteiger partial charge is 0.213 e. The summed E-state index contributed by atoms with van der Waals surface area (Å²) in [5.74, 6) is 0. The van der Waals surface area contributed by atoms with Gasteiger partial charge in [-0.15, -0.1) is 0 Å². The molecular weight excluding hydrogens is 468 g/mol. The van der Waals surface area contributed by atoms with Gasteiger partial charge in [-0.05, 0) is 77.4 Å². The van der Waals surface area contributed by atoms with E-state index >= 15 is 0 Å². The average molecular weight is 508 g/mol. The zero-order chi connectivity index (χ0) is 24.8. The predicted molar refractivity (Wildman–Crippen MR) is 155 cm³/mol. The van der Waals surface area contributed by atoms with E-state index in [9.17, 15) is 0 Å². The van der Waals surface area contributed by atoms with Gasteiger partial charge in [0, 0.05) is 18.7 Å². The molecule has 1 aliphatic rings. The third kappa shape index (κ3) is 4.40. The van der Waals surface area contributed by atoms with Gasteiger partial charge >= 0.3 is 0 Å². The highest BCUT2D eigenvalue weighted by Crippen LogP contribution is 2.90. The van der Waals surface area contributed by atoms with Gasteiger partial charge < -0.3 is 0 Å². The number of nitrogens with zero attached hydrogens (tertiary/aromatic N) is 3. The lowest BCUT2D eigenvalue weighted by Gasteiger charge is -2.74. The second-order valence-corrected chi connectivity index (χ2v) is 22.6. The molecule has 1 heterocycles. The molecule has 0 unspecified atom stereocenters. The Bertz CT molecular complexity index is 1100. The molecule has 34 heavy (non-hydrogen) atoms. The molecule has 1 fully saturated rings. The van der Waals surface area contributed by atoms with Crippen LogP contribution in [-0.4, -0.2) is 28.1 Å². The van der Waals surface area contributed by atoms with Gasteiger partial charge in [0.1, 0.15) is 7.04 Å². The van der Waals surface area contributed by atoms with E-state index < -0.39 is 23.1 Å². The molecule has 3 aromatic carbocycles. The highest BCUT2D eigenvalue weighted by atomic mass is 32.1. The maximum atomic E-state index is 5.87. The summed E-state index contributed by atoms with van der Waals surface area (Å²) in [7, 11) is -4.94. The summed E-state index contributed by atoms with van der Waals surface area (Å²) in [4.78, 5) is 0. The van der Waals surface area contributed by atoms with Crippen molar-refractivity contribution >= 4 is 39.3 Å². The molecule has 0 atom stereocenters. The number of benzene rings is 3. The molecule has 3 nitrogen and oxygen atoms in total. The van der Waals surface area contributed by atoms with Crippen molar-refractivity contribution in [3.8, 4) is 0 Å². The van der Waals surface area contributed by atoms with Crippen LogP contribution < -0.4 is 10.6 Å². The zero-order valence-corrected chi connectivity index (χ0v) is 24.7. The van der Waals surface area contributed by atoms with Crippen LogP contribution in [0, 0.1) is 0 Å². The SMILES string of the molecule is CC(C)(C)N1[Si](C)(C)N(C(C)(C)C)P1(=Nc1ccccc1)P(c1ccccc1)c1ccccc1. The van der Waals surface area contributed by atoms with Gasteiger partial charge in [0.2, 0.25) is 8.40 Å². The van der Waals surface area contributed by atoms with E-state index in [4.69, 9.17) is 4.74 Å². The third-order valence-corrected chi connectivity index (χ3v) is 24.4. The van der Waals surface area contributed by atoms with Crippen LogP contribution in [0.4, 0.5) is 5.69 Å². The molecule has 1 aliphatic heterocycles. The Labute approximate surface area is 209 Å². The molecule has 0 amide bonds. The molecule has 0 saturated carbocycles. The second-order valence-electron chi connectivity index (χ2n) is 11.4. The van der Waals surface area contributed by atoms with Gasteiger partial charge in [-0.1, -0.05) is 78.9 Å². The Morgan fingerprint density at radius 2 is 0.971 bits per heavy atom. The van der Waals surface area contributed by atoms with E-state index in [1.165, 1.54) is 10.6 Å². The van der Waals surface area contributed by atoms with E-state index in [1.54, 1.807) is 0 Å². The lowest BCUT2D eigenvalue weighted by atomic mass is 10.1. The maximum absolute atomic E-state index is 5.87. The first-order valence-electron chi connectivity index (χ1n) is 12.1. The summed E-state index contributed by atoms with van der Waals surface area (Å²) < 4.78 is 11.7. The van der Waals surface area contributed by atoms with Gasteiger partial charge in [0.05, 0.1) is 5.69 Å². The van der Waals surface area contributed by atoms with E-state index in [0.29, 0.717) is 0 Å². The second kappa shape index (κ2) is 9.15. The highest BCUT2D eigenvalue weighted by Gasteiger charge is 2.69. The van der Waals surface area contributed by atoms with Crippen molar-refractivity contribution in [2.75, 3.05) is 0 Å². The number of hydrogen-bond acceptors (Lipinski definition) is 1. The van der Waals surface area contributed by atoms with E-state index in [2.05, 4.69) is 154 Å². The first kappa shape index (κ1) is 25.5. The summed E-state index contributed by atoms with van der Waals surface area (Å²) in [5.41, 5.74) is 1.10. The summed E-state index contributed by atoms with van der Waals surface area (Å²) in [6.45, 7) is 19.4. The van der Waals surface area contributed by atoms with Gasteiger partial charge in [0.25, 0.3) is 0 Å². The fraction of sp³-hybridized carbons (Fsp3) is 0.357. The van der Waals surface area contributed by atoms with Crippen molar-refractivity contribution in [2.45, 2.75) is 65.7 Å². The molecule has 180 valence electrons. The maximum Gasteiger partial charge on any atom is 0.213 e. The Kier molecular flexibility index (Phi) is 6.88. The normalized spacial score (nSPS) is 18.5. The van der Waals surface area contributed by atoms with Gasteiger partial charge in [-0.3, -0.25) is 8.67 Å². The van der Waals surface area contributed by atoms with Gasteiger partial charge in [-0.25, -0.2) is 4.74 Å². The van der Waals surface area contributed by atoms with E-state index in [1.807, 2.05) is 0 Å². The third-order valence-electron chi connectivity index (χ3n) is 6.12. The minimum absolute atomic E-state index is 0.00761. The van der Waals surface area contributed by atoms with Crippen molar-refractivity contribution in [2.24, 2.45) is 4.74 Å². The van der Waals surface area contributed by atoms with Crippen LogP contribution in [0.5, 0.6) is 0 Å². The van der Waals surface area contributed by atoms with Gasteiger partial charge in [-0.2, -0.15) is 0 Å². The summed E-state index contributed by atoms with van der Waals surface area (Å²) in [6.07, 6.45) is 0. The van der Waals surface area contributed by atoms with Crippen LogP contribution in [0.2, 0.25) is 13.1 Å². The van der Waals surface area contributed by atoms with E-state index in [-0.39, 0.29) is 11.1 Å². The quantitative estimate of drug-likeness (QED) is 0.261. The molecule has 0 aromatic heterocycles. The van der Waals surface area contributed by atoms with Crippen LogP contribution in [-0.2, 0) is 0 Å². The number of hydrogen-bond donors (Lipinski definition) is 0. The number of rotatable bonds is 4. The van der Waals surface area contributed by atoms with Crippen molar-refractivity contribution in [3.05, 3.63) is 91.0 Å². The molecule has 0 radical (unpaired) electrons. The van der Waals surface area contributed by atoms with Crippen LogP contribution in [0.15, 0.2) is 95.7 Å². The fourth-order valence-electron chi connectivity index (χ4n) is 5.80. The molecule has 3 aromatic rings. The lowest BCUT2D eigenvalue weighted by molar-refractivity contribution is 0.240. The Balaban J connectivity index is 2.16. The predicted octanol–water partition coefficient (Wildman–Crippen LogP) is 8.31. The first-order chi connectivity index (χ1) is 15.9. The Morgan fingerprint density at radius 1 is 0.618 bits per heavy atom. The topological polar surface area (TPSA) is 18.8 Å².